The summed E-state index contributed by atoms with van der Waals surface area (Å²) in [6, 6.07) is 16.0. The molecule has 0 aliphatic carbocycles. The molecule has 198 valence electrons. The number of fused-ring (bicyclic) bond motifs is 1. The molecule has 1 aliphatic rings. The van der Waals surface area contributed by atoms with E-state index in [1.54, 1.807) is 29.2 Å². The minimum atomic E-state index is -1.17. The van der Waals surface area contributed by atoms with Crippen LogP contribution in [0.25, 0.3) is 16.6 Å². The van der Waals surface area contributed by atoms with Gasteiger partial charge in [0.2, 0.25) is 0 Å². The largest absolute Gasteiger partial charge is 0.480 e. The highest BCUT2D eigenvalue weighted by atomic mass is 35.5. The highest BCUT2D eigenvalue weighted by molar-refractivity contribution is 6.39. The third-order valence-electron chi connectivity index (χ3n) is 6.55. The number of nitrogens with zero attached hydrogens (tertiary/aromatic N) is 3. The van der Waals surface area contributed by atoms with E-state index in [0.29, 0.717) is 36.1 Å². The molecule has 5 rings (SSSR count). The lowest BCUT2D eigenvalue weighted by Crippen LogP contribution is -2.42. The van der Waals surface area contributed by atoms with Gasteiger partial charge in [0.05, 0.1) is 15.6 Å². The van der Waals surface area contributed by atoms with Crippen molar-refractivity contribution in [3.63, 3.8) is 0 Å². The number of carboxylic acid groups (broad SMARTS) is 1. The Labute approximate surface area is 233 Å². The second kappa shape index (κ2) is 11.3. The van der Waals surface area contributed by atoms with Gasteiger partial charge in [0.25, 0.3) is 11.8 Å². The van der Waals surface area contributed by atoms with Gasteiger partial charge in [-0.15, -0.1) is 0 Å². The number of carboxylic acids is 1. The summed E-state index contributed by atoms with van der Waals surface area (Å²) in [4.78, 5) is 39.2. The van der Waals surface area contributed by atoms with Crippen LogP contribution in [0.3, 0.4) is 0 Å². The van der Waals surface area contributed by atoms with Crippen LogP contribution in [0, 0.1) is 0 Å². The summed E-state index contributed by atoms with van der Waals surface area (Å²) in [5.41, 5.74) is 4.51. The molecule has 39 heavy (non-hydrogen) atoms. The van der Waals surface area contributed by atoms with Gasteiger partial charge >= 0.3 is 5.97 Å². The molecule has 0 spiro atoms. The van der Waals surface area contributed by atoms with Crippen LogP contribution in [0.2, 0.25) is 10.0 Å². The van der Waals surface area contributed by atoms with Crippen LogP contribution >= 0.6 is 23.2 Å². The fraction of sp³-hybridized carbons (Fsp3) is 0.179. The maximum Gasteiger partial charge on any atom is 0.326 e. The number of rotatable bonds is 7. The van der Waals surface area contributed by atoms with E-state index in [1.165, 1.54) is 12.1 Å². The molecule has 3 aromatic carbocycles. The Morgan fingerprint density at radius 1 is 1.00 bits per heavy atom. The van der Waals surface area contributed by atoms with Crippen LogP contribution in [0.15, 0.2) is 71.4 Å². The predicted octanol–water partition coefficient (Wildman–Crippen LogP) is 4.88. The van der Waals surface area contributed by atoms with Crippen LogP contribution < -0.4 is 5.32 Å². The average molecular weight is 565 g/mol. The topological polar surface area (TPSA) is 126 Å². The molecule has 0 fully saturated rings. The number of carbonyl (C=O) groups is 3. The van der Waals surface area contributed by atoms with Gasteiger partial charge in [0.15, 0.2) is 0 Å². The van der Waals surface area contributed by atoms with Gasteiger partial charge in [-0.2, -0.15) is 0 Å². The van der Waals surface area contributed by atoms with E-state index in [-0.39, 0.29) is 27.9 Å². The summed E-state index contributed by atoms with van der Waals surface area (Å²) in [5.74, 6) is -1.92. The van der Waals surface area contributed by atoms with Crippen LogP contribution in [0.4, 0.5) is 0 Å². The van der Waals surface area contributed by atoms with E-state index in [1.807, 2.05) is 30.3 Å². The number of halogens is 2. The van der Waals surface area contributed by atoms with Crippen molar-refractivity contribution >= 4 is 57.6 Å². The smallest absolute Gasteiger partial charge is 0.326 e. The first-order chi connectivity index (χ1) is 18.8. The minimum Gasteiger partial charge on any atom is -0.480 e. The molecule has 0 saturated heterocycles. The van der Waals surface area contributed by atoms with Gasteiger partial charge in [0, 0.05) is 25.1 Å². The number of benzene rings is 3. The molecule has 9 nitrogen and oxygen atoms in total. The van der Waals surface area contributed by atoms with Crippen LogP contribution in [-0.2, 0) is 11.2 Å². The van der Waals surface area contributed by atoms with E-state index in [9.17, 15) is 19.5 Å². The minimum absolute atomic E-state index is 0.0369. The first-order valence-electron chi connectivity index (χ1n) is 12.1. The Kier molecular flexibility index (Phi) is 7.63. The maximum absolute atomic E-state index is 12.9. The van der Waals surface area contributed by atoms with Gasteiger partial charge in [-0.05, 0) is 63.8 Å². The third kappa shape index (κ3) is 5.79. The monoisotopic (exact) mass is 564 g/mol. The Balaban J connectivity index is 1.22. The normalized spacial score (nSPS) is 14.1. The Morgan fingerprint density at radius 3 is 2.38 bits per heavy atom. The quantitative estimate of drug-likeness (QED) is 0.327. The first-order valence-corrected chi connectivity index (χ1v) is 12.8. The van der Waals surface area contributed by atoms with Gasteiger partial charge < -0.3 is 15.3 Å². The number of carbonyl (C=O) groups excluding carboxylic acids is 2. The number of hydrogen-bond acceptors (Lipinski definition) is 6. The van der Waals surface area contributed by atoms with Crippen molar-refractivity contribution in [2.45, 2.75) is 18.9 Å². The number of aliphatic carboxylic acids is 1. The fourth-order valence-corrected chi connectivity index (χ4v) is 5.02. The van der Waals surface area contributed by atoms with Crippen molar-refractivity contribution < 1.29 is 24.1 Å². The zero-order valence-corrected chi connectivity index (χ0v) is 21.9. The molecule has 1 atom stereocenters. The van der Waals surface area contributed by atoms with Crippen LogP contribution in [-0.4, -0.2) is 57.2 Å². The van der Waals surface area contributed by atoms with Crippen molar-refractivity contribution in [1.82, 2.24) is 20.5 Å². The summed E-state index contributed by atoms with van der Waals surface area (Å²) < 4.78 is 4.70. The molecule has 2 heterocycles. The SMILES string of the molecule is O=C(N[C@@H](Cc1ccc(C2=CCN(C(=O)c3ccc4nonc4c3)CC2)cc1)C(=O)O)c1c(Cl)cccc1Cl. The summed E-state index contributed by atoms with van der Waals surface area (Å²) in [7, 11) is 0. The van der Waals surface area contributed by atoms with E-state index >= 15 is 0 Å². The molecule has 0 saturated carbocycles. The van der Waals surface area contributed by atoms with E-state index in [4.69, 9.17) is 27.8 Å². The Hall–Kier alpha value is -4.21. The van der Waals surface area contributed by atoms with Gasteiger partial charge in [0.1, 0.15) is 17.1 Å². The van der Waals surface area contributed by atoms with E-state index in [2.05, 4.69) is 15.6 Å². The molecule has 1 aliphatic heterocycles. The summed E-state index contributed by atoms with van der Waals surface area (Å²) in [6.07, 6.45) is 2.77. The van der Waals surface area contributed by atoms with E-state index < -0.39 is 17.9 Å². The molecule has 0 bridgehead atoms. The Bertz CT molecular complexity index is 1580. The molecular weight excluding hydrogens is 543 g/mol. The number of nitrogens with one attached hydrogen (secondary N) is 1. The lowest BCUT2D eigenvalue weighted by Gasteiger charge is -2.27. The number of amides is 2. The standard InChI is InChI=1S/C28H22Cl2N4O5/c29-20-2-1-3-21(30)25(20)26(35)31-24(28(37)38)14-16-4-6-17(7-5-16)18-10-12-34(13-11-18)27(36)19-8-9-22-23(15-19)33-39-32-22/h1-10,15,24H,11-14H2,(H,31,35)(H,37,38)/t24-/m0/s1. The van der Waals surface area contributed by atoms with E-state index in [0.717, 1.165) is 16.7 Å². The Morgan fingerprint density at radius 2 is 1.72 bits per heavy atom. The van der Waals surface area contributed by atoms with Crippen LogP contribution in [0.1, 0.15) is 38.3 Å². The molecule has 1 aromatic heterocycles. The molecule has 2 N–H and O–H groups in total. The van der Waals surface area contributed by atoms with Crippen molar-refractivity contribution in [2.24, 2.45) is 0 Å². The zero-order chi connectivity index (χ0) is 27.5. The third-order valence-corrected chi connectivity index (χ3v) is 7.18. The number of hydrogen-bond donors (Lipinski definition) is 2. The summed E-state index contributed by atoms with van der Waals surface area (Å²) >= 11 is 12.2. The second-order valence-electron chi connectivity index (χ2n) is 9.06. The van der Waals surface area contributed by atoms with Gasteiger partial charge in [-0.3, -0.25) is 9.59 Å². The fourth-order valence-electron chi connectivity index (χ4n) is 4.45. The molecule has 0 radical (unpaired) electrons. The summed E-state index contributed by atoms with van der Waals surface area (Å²) in [6.45, 7) is 1.02. The average Bonchev–Trinajstić information content (AvgIpc) is 3.41. The zero-order valence-electron chi connectivity index (χ0n) is 20.4. The predicted molar refractivity (Wildman–Crippen MR) is 146 cm³/mol. The molecule has 0 unspecified atom stereocenters. The summed E-state index contributed by atoms with van der Waals surface area (Å²) in [5, 5.41) is 20.0. The molecular formula is C28H22Cl2N4O5. The second-order valence-corrected chi connectivity index (χ2v) is 9.87. The van der Waals surface area contributed by atoms with Crippen molar-refractivity contribution in [1.29, 1.82) is 0 Å². The number of aromatic nitrogens is 2. The maximum atomic E-state index is 12.9. The molecule has 11 heteroatoms. The van der Waals surface area contributed by atoms with Crippen LogP contribution in [0.5, 0.6) is 0 Å². The van der Waals surface area contributed by atoms with Gasteiger partial charge in [-0.25, -0.2) is 9.42 Å². The van der Waals surface area contributed by atoms with Crippen molar-refractivity contribution in [2.75, 3.05) is 13.1 Å². The lowest BCUT2D eigenvalue weighted by atomic mass is 9.96. The first kappa shape index (κ1) is 26.4. The highest BCUT2D eigenvalue weighted by Crippen LogP contribution is 2.26. The lowest BCUT2D eigenvalue weighted by molar-refractivity contribution is -0.139. The molecule has 2 amide bonds. The highest BCUT2D eigenvalue weighted by Gasteiger charge is 2.24. The van der Waals surface area contributed by atoms with Crippen molar-refractivity contribution in [3.05, 3.63) is 99.0 Å². The molecule has 4 aromatic rings. The van der Waals surface area contributed by atoms with Gasteiger partial charge in [-0.1, -0.05) is 59.6 Å². The van der Waals surface area contributed by atoms with Crippen molar-refractivity contribution in [3.8, 4) is 0 Å².